The molecule has 2 heteroatoms. The molecule has 0 spiro atoms. The van der Waals surface area contributed by atoms with Crippen molar-refractivity contribution in [3.8, 4) is 0 Å². The van der Waals surface area contributed by atoms with Gasteiger partial charge in [0.05, 0.1) is 0 Å². The van der Waals surface area contributed by atoms with E-state index in [9.17, 15) is 0 Å². The van der Waals surface area contributed by atoms with E-state index in [0.29, 0.717) is 5.41 Å². The standard InChI is InChI=1S/C14H27NS/c1-11-5-4-6-12(11)9-15-13-10-16-8-7-14(13,2)3/h11-13,15H,4-10H2,1-3H3. The van der Waals surface area contributed by atoms with Gasteiger partial charge in [0, 0.05) is 11.8 Å². The number of hydrogen-bond donors (Lipinski definition) is 1. The Morgan fingerprint density at radius 2 is 2.12 bits per heavy atom. The summed E-state index contributed by atoms with van der Waals surface area (Å²) in [5.41, 5.74) is 0.507. The first-order valence-electron chi connectivity index (χ1n) is 6.91. The van der Waals surface area contributed by atoms with Gasteiger partial charge >= 0.3 is 0 Å². The molecule has 0 amide bonds. The number of nitrogens with one attached hydrogen (secondary N) is 1. The first-order valence-corrected chi connectivity index (χ1v) is 8.06. The maximum atomic E-state index is 3.86. The molecule has 0 aromatic heterocycles. The Morgan fingerprint density at radius 3 is 2.75 bits per heavy atom. The maximum Gasteiger partial charge on any atom is 0.0209 e. The molecule has 2 fully saturated rings. The number of thioether (sulfide) groups is 1. The molecule has 3 atom stereocenters. The van der Waals surface area contributed by atoms with E-state index in [1.165, 1.54) is 43.7 Å². The highest BCUT2D eigenvalue weighted by Crippen LogP contribution is 2.35. The zero-order chi connectivity index (χ0) is 11.6. The molecule has 0 radical (unpaired) electrons. The minimum absolute atomic E-state index is 0.507. The van der Waals surface area contributed by atoms with Crippen molar-refractivity contribution in [3.05, 3.63) is 0 Å². The van der Waals surface area contributed by atoms with Crippen molar-refractivity contribution in [2.45, 2.75) is 52.5 Å². The fraction of sp³-hybridized carbons (Fsp3) is 1.00. The van der Waals surface area contributed by atoms with Gasteiger partial charge in [0.15, 0.2) is 0 Å². The third-order valence-corrected chi connectivity index (χ3v) is 5.85. The van der Waals surface area contributed by atoms with Crippen LogP contribution in [-0.4, -0.2) is 24.1 Å². The second kappa shape index (κ2) is 5.30. The van der Waals surface area contributed by atoms with Crippen LogP contribution in [0, 0.1) is 17.3 Å². The van der Waals surface area contributed by atoms with Gasteiger partial charge in [-0.05, 0) is 42.4 Å². The molecule has 3 unspecified atom stereocenters. The van der Waals surface area contributed by atoms with Crippen molar-refractivity contribution >= 4 is 11.8 Å². The van der Waals surface area contributed by atoms with Crippen molar-refractivity contribution in [1.82, 2.24) is 5.32 Å². The molecule has 0 bridgehead atoms. The van der Waals surface area contributed by atoms with Gasteiger partial charge in [-0.2, -0.15) is 11.8 Å². The van der Waals surface area contributed by atoms with Crippen LogP contribution in [0.25, 0.3) is 0 Å². The third-order valence-electron chi connectivity index (χ3n) is 4.78. The maximum absolute atomic E-state index is 3.86. The zero-order valence-electron chi connectivity index (χ0n) is 11.1. The summed E-state index contributed by atoms with van der Waals surface area (Å²) >= 11 is 2.13. The molecule has 1 N–H and O–H groups in total. The lowest BCUT2D eigenvalue weighted by Gasteiger charge is -2.39. The Labute approximate surface area is 105 Å². The molecule has 2 rings (SSSR count). The Kier molecular flexibility index (Phi) is 4.23. The first-order chi connectivity index (χ1) is 7.59. The highest BCUT2D eigenvalue weighted by Gasteiger charge is 2.33. The topological polar surface area (TPSA) is 12.0 Å². The lowest BCUT2D eigenvalue weighted by Crippen LogP contribution is -2.48. The molecular weight excluding hydrogens is 214 g/mol. The van der Waals surface area contributed by atoms with Crippen LogP contribution < -0.4 is 5.32 Å². The minimum atomic E-state index is 0.507. The summed E-state index contributed by atoms with van der Waals surface area (Å²) < 4.78 is 0. The predicted octanol–water partition coefficient (Wildman–Crippen LogP) is 3.54. The summed E-state index contributed by atoms with van der Waals surface area (Å²) in [6.45, 7) is 8.56. The second-order valence-corrected chi connectivity index (χ2v) is 7.59. The molecule has 1 saturated heterocycles. The highest BCUT2D eigenvalue weighted by molar-refractivity contribution is 7.99. The van der Waals surface area contributed by atoms with Gasteiger partial charge in [-0.25, -0.2) is 0 Å². The van der Waals surface area contributed by atoms with E-state index in [1.54, 1.807) is 0 Å². The van der Waals surface area contributed by atoms with Crippen LogP contribution in [0.2, 0.25) is 0 Å². The zero-order valence-corrected chi connectivity index (χ0v) is 11.9. The van der Waals surface area contributed by atoms with Gasteiger partial charge in [-0.3, -0.25) is 0 Å². The van der Waals surface area contributed by atoms with Gasteiger partial charge in [-0.15, -0.1) is 0 Å². The highest BCUT2D eigenvalue weighted by atomic mass is 32.2. The van der Waals surface area contributed by atoms with E-state index in [4.69, 9.17) is 0 Å². The fourth-order valence-electron chi connectivity index (χ4n) is 3.09. The summed E-state index contributed by atoms with van der Waals surface area (Å²) in [5, 5.41) is 3.86. The monoisotopic (exact) mass is 241 g/mol. The van der Waals surface area contributed by atoms with Crippen LogP contribution in [0.15, 0.2) is 0 Å². The molecule has 1 aliphatic heterocycles. The van der Waals surface area contributed by atoms with E-state index in [-0.39, 0.29) is 0 Å². The molecule has 0 aromatic carbocycles. The van der Waals surface area contributed by atoms with Crippen molar-refractivity contribution in [2.24, 2.45) is 17.3 Å². The first kappa shape index (κ1) is 12.8. The van der Waals surface area contributed by atoms with Crippen molar-refractivity contribution in [3.63, 3.8) is 0 Å². The summed E-state index contributed by atoms with van der Waals surface area (Å²) in [5.74, 6) is 4.56. The van der Waals surface area contributed by atoms with Crippen LogP contribution in [0.4, 0.5) is 0 Å². The molecule has 16 heavy (non-hydrogen) atoms. The Balaban J connectivity index is 1.80. The van der Waals surface area contributed by atoms with Gasteiger partial charge in [0.1, 0.15) is 0 Å². The molecule has 94 valence electrons. The SMILES string of the molecule is CC1CCCC1CNC1CSCCC1(C)C. The van der Waals surface area contributed by atoms with E-state index in [0.717, 1.165) is 17.9 Å². The third kappa shape index (κ3) is 2.95. The largest absolute Gasteiger partial charge is 0.312 e. The van der Waals surface area contributed by atoms with Gasteiger partial charge < -0.3 is 5.32 Å². The van der Waals surface area contributed by atoms with Gasteiger partial charge in [-0.1, -0.05) is 33.6 Å². The van der Waals surface area contributed by atoms with E-state index in [1.807, 2.05) is 0 Å². The quantitative estimate of drug-likeness (QED) is 0.811. The Hall–Kier alpha value is 0.310. The van der Waals surface area contributed by atoms with E-state index >= 15 is 0 Å². The van der Waals surface area contributed by atoms with Gasteiger partial charge in [0.2, 0.25) is 0 Å². The van der Waals surface area contributed by atoms with Crippen LogP contribution >= 0.6 is 11.8 Å². The number of hydrogen-bond acceptors (Lipinski definition) is 2. The summed E-state index contributed by atoms with van der Waals surface area (Å²) in [6, 6.07) is 0.735. The average molecular weight is 241 g/mol. The molecule has 1 saturated carbocycles. The van der Waals surface area contributed by atoms with Crippen molar-refractivity contribution in [2.75, 3.05) is 18.1 Å². The lowest BCUT2D eigenvalue weighted by atomic mass is 9.82. The Morgan fingerprint density at radius 1 is 1.31 bits per heavy atom. The average Bonchev–Trinajstić information content (AvgIpc) is 2.62. The molecule has 1 aliphatic carbocycles. The second-order valence-electron chi connectivity index (χ2n) is 6.44. The molecular formula is C14H27NS. The van der Waals surface area contributed by atoms with Crippen LogP contribution in [0.3, 0.4) is 0 Å². The predicted molar refractivity (Wildman–Crippen MR) is 74.0 cm³/mol. The molecule has 0 aromatic rings. The van der Waals surface area contributed by atoms with E-state index in [2.05, 4.69) is 37.8 Å². The van der Waals surface area contributed by atoms with Crippen LogP contribution in [0.5, 0.6) is 0 Å². The van der Waals surface area contributed by atoms with Crippen molar-refractivity contribution < 1.29 is 0 Å². The minimum Gasteiger partial charge on any atom is -0.312 e. The van der Waals surface area contributed by atoms with Crippen molar-refractivity contribution in [1.29, 1.82) is 0 Å². The smallest absolute Gasteiger partial charge is 0.0209 e. The molecule has 1 nitrogen and oxygen atoms in total. The van der Waals surface area contributed by atoms with Gasteiger partial charge in [0.25, 0.3) is 0 Å². The fourth-order valence-corrected chi connectivity index (χ4v) is 4.73. The molecule has 2 aliphatic rings. The number of rotatable bonds is 3. The summed E-state index contributed by atoms with van der Waals surface area (Å²) in [4.78, 5) is 0. The van der Waals surface area contributed by atoms with Crippen LogP contribution in [0.1, 0.15) is 46.5 Å². The summed E-state index contributed by atoms with van der Waals surface area (Å²) in [6.07, 6.45) is 5.73. The lowest BCUT2D eigenvalue weighted by molar-refractivity contribution is 0.230. The summed E-state index contributed by atoms with van der Waals surface area (Å²) in [7, 11) is 0. The normalized spacial score (nSPS) is 38.8. The molecule has 1 heterocycles. The van der Waals surface area contributed by atoms with Crippen LogP contribution in [-0.2, 0) is 0 Å². The van der Waals surface area contributed by atoms with E-state index < -0.39 is 0 Å². The Bertz CT molecular complexity index is 227.